The van der Waals surface area contributed by atoms with E-state index >= 15 is 0 Å². The maximum absolute atomic E-state index is 12.5. The average molecular weight is 399 g/mol. The van der Waals surface area contributed by atoms with E-state index in [0.29, 0.717) is 23.2 Å². The number of Topliss-reactive ketones (excluding diaryl/α,β-unsaturated/α-hetero) is 1. The second-order valence-electron chi connectivity index (χ2n) is 12.7. The summed E-state index contributed by atoms with van der Waals surface area (Å²) in [5.41, 5.74) is 3.59. The molecule has 0 saturated heterocycles. The second-order valence-corrected chi connectivity index (χ2v) is 12.7. The number of aliphatic hydroxyl groups is 1. The number of hydrogen-bond acceptors (Lipinski definition) is 2. The average Bonchev–Trinajstić information content (AvgIpc) is 2.67. The van der Waals surface area contributed by atoms with Crippen LogP contribution in [0.5, 0.6) is 0 Å². The van der Waals surface area contributed by atoms with Gasteiger partial charge in [-0.15, -0.1) is 0 Å². The molecule has 0 aliphatic heterocycles. The molecule has 0 heterocycles. The molecule has 0 aromatic carbocycles. The Morgan fingerprint density at radius 1 is 0.897 bits per heavy atom. The summed E-state index contributed by atoms with van der Waals surface area (Å²) in [4.78, 5) is 12.5. The Morgan fingerprint density at radius 3 is 2.41 bits per heavy atom. The molecule has 2 nitrogen and oxygen atoms in total. The fourth-order valence-corrected chi connectivity index (χ4v) is 9.66. The van der Waals surface area contributed by atoms with E-state index in [0.717, 1.165) is 35.7 Å². The molecule has 2 heteroatoms. The van der Waals surface area contributed by atoms with Crippen LogP contribution in [0, 0.1) is 45.8 Å². The molecule has 0 spiro atoms. The predicted molar refractivity (Wildman–Crippen MR) is 117 cm³/mol. The summed E-state index contributed by atoms with van der Waals surface area (Å²) >= 11 is 0. The van der Waals surface area contributed by atoms with Crippen LogP contribution in [0.25, 0.3) is 0 Å². The lowest BCUT2D eigenvalue weighted by Crippen LogP contribution is -2.61. The molecule has 5 aliphatic carbocycles. The van der Waals surface area contributed by atoms with Crippen molar-refractivity contribution in [2.75, 3.05) is 0 Å². The summed E-state index contributed by atoms with van der Waals surface area (Å²) in [5, 5.41) is 10.5. The summed E-state index contributed by atoms with van der Waals surface area (Å²) in [6.07, 6.45) is 12.0. The van der Waals surface area contributed by atoms with Crippen LogP contribution in [0.1, 0.15) is 98.8 Å². The third-order valence-electron chi connectivity index (χ3n) is 11.4. The molecular formula is C27H42O2. The molecule has 9 atom stereocenters. The van der Waals surface area contributed by atoms with Gasteiger partial charge in [-0.2, -0.15) is 0 Å². The third-order valence-corrected chi connectivity index (χ3v) is 11.4. The van der Waals surface area contributed by atoms with Crippen LogP contribution in [-0.4, -0.2) is 17.0 Å². The molecule has 5 aliphatic rings. The Kier molecular flexibility index (Phi) is 4.50. The first-order valence-electron chi connectivity index (χ1n) is 12.5. The first-order chi connectivity index (χ1) is 13.6. The van der Waals surface area contributed by atoms with Gasteiger partial charge in [-0.05, 0) is 116 Å². The van der Waals surface area contributed by atoms with E-state index < -0.39 is 6.10 Å². The first-order valence-corrected chi connectivity index (χ1v) is 12.5. The Balaban J connectivity index is 1.51. The quantitative estimate of drug-likeness (QED) is 0.518. The molecule has 1 N–H and O–H groups in total. The number of aliphatic hydroxyl groups excluding tert-OH is 1. The van der Waals surface area contributed by atoms with E-state index in [9.17, 15) is 9.90 Å². The molecule has 9 unspecified atom stereocenters. The zero-order valence-corrected chi connectivity index (χ0v) is 19.4. The molecule has 0 aromatic heterocycles. The van der Waals surface area contributed by atoms with E-state index in [1.165, 1.54) is 56.9 Å². The van der Waals surface area contributed by atoms with Crippen LogP contribution in [0.2, 0.25) is 0 Å². The lowest BCUT2D eigenvalue weighted by molar-refractivity contribution is -0.179. The topological polar surface area (TPSA) is 37.3 Å². The number of ketones is 1. The first kappa shape index (κ1) is 20.3. The van der Waals surface area contributed by atoms with Gasteiger partial charge in [-0.1, -0.05) is 39.7 Å². The van der Waals surface area contributed by atoms with Crippen LogP contribution in [-0.2, 0) is 4.79 Å². The molecule has 0 radical (unpaired) electrons. The van der Waals surface area contributed by atoms with Gasteiger partial charge in [0.25, 0.3) is 0 Å². The van der Waals surface area contributed by atoms with Crippen molar-refractivity contribution in [3.63, 3.8) is 0 Å². The van der Waals surface area contributed by atoms with Gasteiger partial charge in [0.05, 0.1) is 0 Å². The van der Waals surface area contributed by atoms with E-state index in [-0.39, 0.29) is 11.2 Å². The van der Waals surface area contributed by atoms with Crippen LogP contribution >= 0.6 is 0 Å². The minimum Gasteiger partial charge on any atom is -0.385 e. The van der Waals surface area contributed by atoms with Crippen molar-refractivity contribution < 1.29 is 9.90 Å². The highest BCUT2D eigenvalue weighted by Gasteiger charge is 2.63. The summed E-state index contributed by atoms with van der Waals surface area (Å²) in [6, 6.07) is 0. The molecule has 4 saturated carbocycles. The van der Waals surface area contributed by atoms with Gasteiger partial charge in [0.1, 0.15) is 6.10 Å². The highest BCUT2D eigenvalue weighted by Crippen LogP contribution is 2.71. The van der Waals surface area contributed by atoms with Crippen molar-refractivity contribution in [2.24, 2.45) is 45.8 Å². The zero-order valence-electron chi connectivity index (χ0n) is 19.4. The van der Waals surface area contributed by atoms with Crippen LogP contribution in [0.3, 0.4) is 0 Å². The largest absolute Gasteiger partial charge is 0.385 e. The van der Waals surface area contributed by atoms with Crippen LogP contribution in [0.15, 0.2) is 11.1 Å². The van der Waals surface area contributed by atoms with Crippen molar-refractivity contribution in [1.29, 1.82) is 0 Å². The number of fused-ring (bicyclic) bond motifs is 7. The lowest BCUT2D eigenvalue weighted by Gasteiger charge is -2.68. The number of carbonyl (C=O) groups excluding carboxylic acids is 1. The number of hydrogen-bond donors (Lipinski definition) is 1. The fraction of sp³-hybridized carbons (Fsp3) is 0.889. The fourth-order valence-electron chi connectivity index (χ4n) is 9.66. The van der Waals surface area contributed by atoms with Crippen LogP contribution < -0.4 is 0 Å². The molecule has 0 amide bonds. The SMILES string of the molecule is CC1=C2CCC3C(C)(CCC4C5CC(C)CCC5(C)CCC43C)C2CC(O)C1=O. The summed E-state index contributed by atoms with van der Waals surface area (Å²) in [6.45, 7) is 12.3. The smallest absolute Gasteiger partial charge is 0.186 e. The minimum atomic E-state index is -0.765. The molecular weight excluding hydrogens is 356 g/mol. The van der Waals surface area contributed by atoms with Crippen molar-refractivity contribution >= 4 is 5.78 Å². The third kappa shape index (κ3) is 2.66. The van der Waals surface area contributed by atoms with Crippen LogP contribution in [0.4, 0.5) is 0 Å². The van der Waals surface area contributed by atoms with Crippen molar-refractivity contribution in [1.82, 2.24) is 0 Å². The number of rotatable bonds is 0. The van der Waals surface area contributed by atoms with Crippen molar-refractivity contribution in [3.05, 3.63) is 11.1 Å². The standard InChI is InChI=1S/C27H42O2/c1-16-8-10-25(3)12-13-27(5)19(21(25)14-16)9-11-26(4)20-15-22(28)24(29)17(2)18(20)6-7-23(26)27/h16,19-23,28H,6-15H2,1-5H3. The Bertz CT molecular complexity index is 752. The number of allylic oxidation sites excluding steroid dienone is 1. The van der Waals surface area contributed by atoms with Gasteiger partial charge in [-0.3, -0.25) is 4.79 Å². The van der Waals surface area contributed by atoms with Gasteiger partial charge in [-0.25, -0.2) is 0 Å². The Labute approximate surface area is 177 Å². The maximum Gasteiger partial charge on any atom is 0.186 e. The van der Waals surface area contributed by atoms with E-state index in [4.69, 9.17) is 0 Å². The highest BCUT2D eigenvalue weighted by molar-refractivity contribution is 5.99. The van der Waals surface area contributed by atoms with Gasteiger partial charge in [0.2, 0.25) is 0 Å². The second kappa shape index (κ2) is 6.44. The normalized spacial score (nSPS) is 54.9. The monoisotopic (exact) mass is 398 g/mol. The van der Waals surface area contributed by atoms with Gasteiger partial charge in [0, 0.05) is 0 Å². The summed E-state index contributed by atoms with van der Waals surface area (Å²) in [5.74, 6) is 3.85. The van der Waals surface area contributed by atoms with E-state index in [2.05, 4.69) is 27.7 Å². The Morgan fingerprint density at radius 2 is 1.66 bits per heavy atom. The maximum atomic E-state index is 12.5. The number of carbonyl (C=O) groups is 1. The van der Waals surface area contributed by atoms with E-state index in [1.807, 2.05) is 6.92 Å². The zero-order chi connectivity index (χ0) is 20.8. The van der Waals surface area contributed by atoms with Gasteiger partial charge >= 0.3 is 0 Å². The predicted octanol–water partition coefficient (Wildman–Crippen LogP) is 6.32. The lowest BCUT2D eigenvalue weighted by atomic mass is 9.37. The van der Waals surface area contributed by atoms with E-state index in [1.54, 1.807) is 0 Å². The van der Waals surface area contributed by atoms with Gasteiger partial charge in [0.15, 0.2) is 5.78 Å². The molecule has 162 valence electrons. The summed E-state index contributed by atoms with van der Waals surface area (Å²) < 4.78 is 0. The molecule has 4 fully saturated rings. The van der Waals surface area contributed by atoms with Crippen molar-refractivity contribution in [3.8, 4) is 0 Å². The summed E-state index contributed by atoms with van der Waals surface area (Å²) in [7, 11) is 0. The van der Waals surface area contributed by atoms with Crippen molar-refractivity contribution in [2.45, 2.75) is 105 Å². The molecule has 0 aromatic rings. The molecule has 5 rings (SSSR count). The van der Waals surface area contributed by atoms with Gasteiger partial charge < -0.3 is 5.11 Å². The molecule has 0 bridgehead atoms. The molecule has 29 heavy (non-hydrogen) atoms. The minimum absolute atomic E-state index is 0.00261. The Hall–Kier alpha value is -0.630. The highest BCUT2D eigenvalue weighted by atomic mass is 16.3.